The smallest absolute Gasteiger partial charge is 0.248 e. The lowest BCUT2D eigenvalue weighted by Gasteiger charge is -2.29. The molecule has 33 heavy (non-hydrogen) atoms. The molecule has 0 saturated heterocycles. The summed E-state index contributed by atoms with van der Waals surface area (Å²) in [5.41, 5.74) is 1.15. The van der Waals surface area contributed by atoms with Crippen molar-refractivity contribution < 1.29 is 18.6 Å². The molecule has 1 aliphatic rings. The number of aryl methyl sites for hydroxylation is 1. The van der Waals surface area contributed by atoms with Crippen LogP contribution in [0.4, 0.5) is 14.6 Å². The fourth-order valence-corrected chi connectivity index (χ4v) is 3.91. The quantitative estimate of drug-likeness (QED) is 0.532. The first-order chi connectivity index (χ1) is 15.6. The minimum Gasteiger partial charge on any atom is -0.473 e. The third-order valence-corrected chi connectivity index (χ3v) is 5.70. The number of hydrogen-bond donors (Lipinski definition) is 2. The van der Waals surface area contributed by atoms with E-state index in [1.807, 2.05) is 31.3 Å². The zero-order valence-electron chi connectivity index (χ0n) is 19.1. The molecule has 1 fully saturated rings. The lowest BCUT2D eigenvalue weighted by Crippen LogP contribution is -2.32. The average molecular weight is 458 g/mol. The van der Waals surface area contributed by atoms with Gasteiger partial charge in [0.2, 0.25) is 11.8 Å². The van der Waals surface area contributed by atoms with E-state index in [1.165, 1.54) is 0 Å². The number of nitrogens with zero attached hydrogens (tertiary/aromatic N) is 4. The summed E-state index contributed by atoms with van der Waals surface area (Å²) in [6, 6.07) is 9.04. The second kappa shape index (κ2) is 9.05. The van der Waals surface area contributed by atoms with Crippen LogP contribution in [0.3, 0.4) is 0 Å². The van der Waals surface area contributed by atoms with Crippen LogP contribution in [0.15, 0.2) is 42.7 Å². The molecule has 0 bridgehead atoms. The fourth-order valence-electron chi connectivity index (χ4n) is 3.91. The number of pyridine rings is 2. The van der Waals surface area contributed by atoms with Crippen molar-refractivity contribution in [3.8, 4) is 11.7 Å². The SMILES string of the molecule is Cc1ccn(-c2cc(COc3ncccc3C(C)(C)O)cc(NC3CCC(F)(F)CC3)n2)n1. The van der Waals surface area contributed by atoms with Crippen LogP contribution in [0.25, 0.3) is 5.82 Å². The van der Waals surface area contributed by atoms with Gasteiger partial charge in [-0.25, -0.2) is 23.4 Å². The van der Waals surface area contributed by atoms with E-state index in [1.54, 1.807) is 36.9 Å². The molecule has 4 rings (SSSR count). The first kappa shape index (κ1) is 23.1. The lowest BCUT2D eigenvalue weighted by atomic mass is 9.92. The summed E-state index contributed by atoms with van der Waals surface area (Å²) in [4.78, 5) is 8.92. The number of aliphatic hydroxyl groups is 1. The second-order valence-electron chi connectivity index (χ2n) is 9.10. The van der Waals surface area contributed by atoms with Crippen molar-refractivity contribution in [2.45, 2.75) is 70.6 Å². The van der Waals surface area contributed by atoms with Crippen molar-refractivity contribution in [1.29, 1.82) is 0 Å². The summed E-state index contributed by atoms with van der Waals surface area (Å²) in [7, 11) is 0. The Labute approximate surface area is 191 Å². The number of aromatic nitrogens is 4. The van der Waals surface area contributed by atoms with E-state index in [2.05, 4.69) is 20.4 Å². The molecule has 176 valence electrons. The van der Waals surface area contributed by atoms with Gasteiger partial charge < -0.3 is 15.2 Å². The Morgan fingerprint density at radius 2 is 2.00 bits per heavy atom. The monoisotopic (exact) mass is 457 g/mol. The molecule has 0 radical (unpaired) electrons. The molecule has 9 heteroatoms. The Morgan fingerprint density at radius 1 is 1.24 bits per heavy atom. The molecule has 0 unspecified atom stereocenters. The normalized spacial score (nSPS) is 16.5. The van der Waals surface area contributed by atoms with Crippen LogP contribution in [0.5, 0.6) is 5.88 Å². The van der Waals surface area contributed by atoms with Crippen LogP contribution >= 0.6 is 0 Å². The summed E-state index contributed by atoms with van der Waals surface area (Å²) < 4.78 is 34.7. The molecule has 7 nitrogen and oxygen atoms in total. The highest BCUT2D eigenvalue weighted by atomic mass is 19.3. The van der Waals surface area contributed by atoms with Crippen molar-refractivity contribution >= 4 is 5.82 Å². The predicted octanol–water partition coefficient (Wildman–Crippen LogP) is 4.77. The van der Waals surface area contributed by atoms with Crippen LogP contribution in [-0.2, 0) is 12.2 Å². The van der Waals surface area contributed by atoms with Crippen LogP contribution in [-0.4, -0.2) is 36.8 Å². The number of ether oxygens (including phenoxy) is 1. The van der Waals surface area contributed by atoms with E-state index >= 15 is 0 Å². The van der Waals surface area contributed by atoms with Crippen molar-refractivity contribution in [3.63, 3.8) is 0 Å². The Balaban J connectivity index is 1.58. The van der Waals surface area contributed by atoms with Gasteiger partial charge >= 0.3 is 0 Å². The zero-order valence-corrected chi connectivity index (χ0v) is 19.1. The van der Waals surface area contributed by atoms with Gasteiger partial charge in [0.25, 0.3) is 0 Å². The maximum Gasteiger partial charge on any atom is 0.248 e. The number of alkyl halides is 2. The highest BCUT2D eigenvalue weighted by molar-refractivity contribution is 5.45. The maximum atomic E-state index is 13.6. The van der Waals surface area contributed by atoms with Gasteiger partial charge in [-0.15, -0.1) is 0 Å². The molecule has 3 aromatic rings. The van der Waals surface area contributed by atoms with Gasteiger partial charge in [0.15, 0.2) is 5.82 Å². The summed E-state index contributed by atoms with van der Waals surface area (Å²) in [6.45, 7) is 5.44. The Hall–Kier alpha value is -3.07. The lowest BCUT2D eigenvalue weighted by molar-refractivity contribution is -0.0361. The second-order valence-corrected chi connectivity index (χ2v) is 9.10. The van der Waals surface area contributed by atoms with Crippen LogP contribution in [0.2, 0.25) is 0 Å². The van der Waals surface area contributed by atoms with Gasteiger partial charge in [0, 0.05) is 36.8 Å². The standard InChI is InChI=1S/C24H29F2N5O2/c1-16-8-12-31(30-16)21-14-17(15-33-22-19(23(2,3)32)5-4-11-27-22)13-20(29-21)28-18-6-9-24(25,26)10-7-18/h4-5,8,11-14,18,32H,6-7,9-10,15H2,1-3H3,(H,28,29). The van der Waals surface area contributed by atoms with Crippen molar-refractivity contribution in [3.05, 3.63) is 59.5 Å². The van der Waals surface area contributed by atoms with Crippen LogP contribution < -0.4 is 10.1 Å². The van der Waals surface area contributed by atoms with Gasteiger partial charge in [0.1, 0.15) is 12.4 Å². The largest absolute Gasteiger partial charge is 0.473 e. The van der Waals surface area contributed by atoms with Gasteiger partial charge in [-0.3, -0.25) is 0 Å². The van der Waals surface area contributed by atoms with Gasteiger partial charge in [0.05, 0.1) is 11.3 Å². The topological polar surface area (TPSA) is 85.1 Å². The third-order valence-electron chi connectivity index (χ3n) is 5.70. The minimum atomic E-state index is -2.58. The van der Waals surface area contributed by atoms with E-state index in [-0.39, 0.29) is 25.5 Å². The average Bonchev–Trinajstić information content (AvgIpc) is 3.20. The third kappa shape index (κ3) is 5.84. The summed E-state index contributed by atoms with van der Waals surface area (Å²) in [5, 5.41) is 18.2. The molecule has 1 saturated carbocycles. The van der Waals surface area contributed by atoms with Gasteiger partial charge in [-0.1, -0.05) is 0 Å². The van der Waals surface area contributed by atoms with E-state index in [0.29, 0.717) is 35.9 Å². The first-order valence-electron chi connectivity index (χ1n) is 11.1. The Kier molecular flexibility index (Phi) is 6.34. The van der Waals surface area contributed by atoms with Crippen molar-refractivity contribution in [2.24, 2.45) is 0 Å². The highest BCUT2D eigenvalue weighted by Crippen LogP contribution is 2.34. The molecule has 2 N–H and O–H groups in total. The first-order valence-corrected chi connectivity index (χ1v) is 11.1. The number of anilines is 1. The number of halogens is 2. The molecule has 3 aromatic heterocycles. The molecular formula is C24H29F2N5O2. The van der Waals surface area contributed by atoms with Crippen molar-refractivity contribution in [1.82, 2.24) is 19.7 Å². The number of rotatable bonds is 7. The van der Waals surface area contributed by atoms with Crippen LogP contribution in [0, 0.1) is 6.92 Å². The summed E-state index contributed by atoms with van der Waals surface area (Å²) in [6.07, 6.45) is 3.94. The van der Waals surface area contributed by atoms with Gasteiger partial charge in [-0.05, 0) is 69.5 Å². The molecule has 0 atom stereocenters. The van der Waals surface area contributed by atoms with Crippen molar-refractivity contribution in [2.75, 3.05) is 5.32 Å². The fraction of sp³-hybridized carbons (Fsp3) is 0.458. The number of nitrogens with one attached hydrogen (secondary N) is 1. The Morgan fingerprint density at radius 3 is 2.67 bits per heavy atom. The van der Waals surface area contributed by atoms with Crippen LogP contribution in [0.1, 0.15) is 56.4 Å². The summed E-state index contributed by atoms with van der Waals surface area (Å²) >= 11 is 0. The molecule has 3 heterocycles. The van der Waals surface area contributed by atoms with E-state index < -0.39 is 11.5 Å². The number of hydrogen-bond acceptors (Lipinski definition) is 6. The maximum absolute atomic E-state index is 13.6. The molecule has 0 spiro atoms. The predicted molar refractivity (Wildman–Crippen MR) is 121 cm³/mol. The summed E-state index contributed by atoms with van der Waals surface area (Å²) in [5.74, 6) is -1.06. The molecule has 0 amide bonds. The minimum absolute atomic E-state index is 0.0712. The Bertz CT molecular complexity index is 1100. The molecule has 0 aliphatic heterocycles. The molecule has 0 aromatic carbocycles. The van der Waals surface area contributed by atoms with E-state index in [9.17, 15) is 13.9 Å². The molecule has 1 aliphatic carbocycles. The zero-order chi connectivity index (χ0) is 23.6. The molecular weight excluding hydrogens is 428 g/mol. The van der Waals surface area contributed by atoms with E-state index in [4.69, 9.17) is 4.74 Å². The van der Waals surface area contributed by atoms with E-state index in [0.717, 1.165) is 11.3 Å². The highest BCUT2D eigenvalue weighted by Gasteiger charge is 2.35. The van der Waals surface area contributed by atoms with Gasteiger partial charge in [-0.2, -0.15) is 5.10 Å².